The van der Waals surface area contributed by atoms with Crippen LogP contribution in [0.4, 0.5) is 0 Å². The maximum absolute atomic E-state index is 12.0. The highest BCUT2D eigenvalue weighted by Crippen LogP contribution is 2.14. The van der Waals surface area contributed by atoms with Gasteiger partial charge in [0.1, 0.15) is 12.6 Å². The summed E-state index contributed by atoms with van der Waals surface area (Å²) in [5.41, 5.74) is 1.29. The second kappa shape index (κ2) is 22.1. The quantitative estimate of drug-likeness (QED) is 0.105. The fourth-order valence-electron chi connectivity index (χ4n) is 3.90. The first kappa shape index (κ1) is 32.6. The molecule has 0 fully saturated rings. The van der Waals surface area contributed by atoms with Gasteiger partial charge in [-0.2, -0.15) is 0 Å². The maximum atomic E-state index is 12.0. The largest absolute Gasteiger partial charge is 0.480 e. The SMILES string of the molecule is C=C(C)CCCCCCCCCCCCCCCCC(=O)NC(CCC(=O)NCC(=O)O)C(=O)O. The molecule has 8 heteroatoms. The first-order valence-corrected chi connectivity index (χ1v) is 13.4. The van der Waals surface area contributed by atoms with Gasteiger partial charge in [-0.1, -0.05) is 82.6 Å². The van der Waals surface area contributed by atoms with Crippen molar-refractivity contribution >= 4 is 23.8 Å². The highest BCUT2D eigenvalue weighted by molar-refractivity contribution is 5.85. The molecule has 0 radical (unpaired) electrons. The van der Waals surface area contributed by atoms with Crippen LogP contribution in [0.5, 0.6) is 0 Å². The third-order valence-corrected chi connectivity index (χ3v) is 5.99. The smallest absolute Gasteiger partial charge is 0.326 e. The Kier molecular flexibility index (Phi) is 20.6. The van der Waals surface area contributed by atoms with Crippen molar-refractivity contribution in [3.63, 3.8) is 0 Å². The van der Waals surface area contributed by atoms with Crippen molar-refractivity contribution < 1.29 is 29.4 Å². The van der Waals surface area contributed by atoms with Crippen molar-refractivity contribution in [1.82, 2.24) is 10.6 Å². The number of carbonyl (C=O) groups excluding carboxylic acids is 2. The summed E-state index contributed by atoms with van der Waals surface area (Å²) in [7, 11) is 0. The number of allylic oxidation sites excluding steroid dienone is 1. The molecule has 0 rings (SSSR count). The van der Waals surface area contributed by atoms with E-state index < -0.39 is 30.4 Å². The van der Waals surface area contributed by atoms with Gasteiger partial charge in [0.25, 0.3) is 0 Å². The van der Waals surface area contributed by atoms with Gasteiger partial charge in [0, 0.05) is 12.8 Å². The highest BCUT2D eigenvalue weighted by atomic mass is 16.4. The standard InChI is InChI=1S/C27H48N2O6/c1-22(2)17-15-13-11-9-7-5-3-4-6-8-10-12-14-16-18-25(31)29-23(27(34)35)19-20-24(30)28-21-26(32)33/h23H,1,3-21H2,2H3,(H,28,30)(H,29,31)(H,32,33)(H,34,35). The summed E-state index contributed by atoms with van der Waals surface area (Å²) in [5, 5.41) is 22.4. The zero-order valence-corrected chi connectivity index (χ0v) is 21.7. The second-order valence-electron chi connectivity index (χ2n) is 9.57. The maximum Gasteiger partial charge on any atom is 0.326 e. The van der Waals surface area contributed by atoms with Gasteiger partial charge in [0.2, 0.25) is 11.8 Å². The average Bonchev–Trinajstić information content (AvgIpc) is 2.79. The molecule has 1 unspecified atom stereocenters. The van der Waals surface area contributed by atoms with E-state index in [2.05, 4.69) is 24.1 Å². The van der Waals surface area contributed by atoms with Crippen molar-refractivity contribution in [3.8, 4) is 0 Å². The summed E-state index contributed by atoms with van der Waals surface area (Å²) in [6.45, 7) is 5.53. The number of hydrogen-bond donors (Lipinski definition) is 4. The summed E-state index contributed by atoms with van der Waals surface area (Å²) in [4.78, 5) is 45.3. The minimum Gasteiger partial charge on any atom is -0.480 e. The van der Waals surface area contributed by atoms with Crippen LogP contribution in [-0.2, 0) is 19.2 Å². The number of aliphatic carboxylic acids is 2. The molecular formula is C27H48N2O6. The summed E-state index contributed by atoms with van der Waals surface area (Å²) in [6, 6.07) is -1.15. The molecule has 0 aliphatic heterocycles. The number of carboxylic acid groups (broad SMARTS) is 2. The van der Waals surface area contributed by atoms with Crippen LogP contribution in [0.15, 0.2) is 12.2 Å². The van der Waals surface area contributed by atoms with E-state index in [4.69, 9.17) is 5.11 Å². The topological polar surface area (TPSA) is 133 Å². The van der Waals surface area contributed by atoms with Crippen molar-refractivity contribution in [3.05, 3.63) is 12.2 Å². The Labute approximate surface area is 211 Å². The highest BCUT2D eigenvalue weighted by Gasteiger charge is 2.20. The Morgan fingerprint density at radius 2 is 1.09 bits per heavy atom. The molecule has 0 heterocycles. The van der Waals surface area contributed by atoms with Crippen LogP contribution in [0, 0.1) is 0 Å². The molecular weight excluding hydrogens is 448 g/mol. The van der Waals surface area contributed by atoms with E-state index in [1.807, 2.05) is 0 Å². The van der Waals surface area contributed by atoms with Crippen LogP contribution in [0.3, 0.4) is 0 Å². The number of unbranched alkanes of at least 4 members (excludes halogenated alkanes) is 13. The second-order valence-corrected chi connectivity index (χ2v) is 9.57. The zero-order valence-electron chi connectivity index (χ0n) is 21.7. The van der Waals surface area contributed by atoms with E-state index in [1.165, 1.54) is 76.2 Å². The summed E-state index contributed by atoms with van der Waals surface area (Å²) < 4.78 is 0. The number of hydrogen-bond acceptors (Lipinski definition) is 4. The van der Waals surface area contributed by atoms with Crippen LogP contribution >= 0.6 is 0 Å². The molecule has 0 bridgehead atoms. The van der Waals surface area contributed by atoms with Crippen LogP contribution in [0.25, 0.3) is 0 Å². The monoisotopic (exact) mass is 496 g/mol. The number of carbonyl (C=O) groups is 4. The molecule has 0 aromatic rings. The molecule has 202 valence electrons. The van der Waals surface area contributed by atoms with Gasteiger partial charge in [-0.3, -0.25) is 14.4 Å². The molecule has 0 aromatic carbocycles. The Bertz CT molecular complexity index is 635. The van der Waals surface area contributed by atoms with Crippen molar-refractivity contribution in [2.45, 2.75) is 129 Å². The number of rotatable bonds is 24. The van der Waals surface area contributed by atoms with E-state index in [0.717, 1.165) is 19.3 Å². The molecule has 0 aliphatic rings. The lowest BCUT2D eigenvalue weighted by molar-refractivity contribution is -0.142. The van der Waals surface area contributed by atoms with Gasteiger partial charge in [-0.15, -0.1) is 6.58 Å². The van der Waals surface area contributed by atoms with E-state index in [1.54, 1.807) is 0 Å². The summed E-state index contributed by atoms with van der Waals surface area (Å²) in [5.74, 6) is -3.27. The first-order chi connectivity index (χ1) is 16.7. The third kappa shape index (κ3) is 23.1. The predicted molar refractivity (Wildman–Crippen MR) is 138 cm³/mol. The van der Waals surface area contributed by atoms with Gasteiger partial charge < -0.3 is 20.8 Å². The van der Waals surface area contributed by atoms with E-state index in [9.17, 15) is 24.3 Å². The molecule has 0 spiro atoms. The van der Waals surface area contributed by atoms with E-state index in [0.29, 0.717) is 6.42 Å². The lowest BCUT2D eigenvalue weighted by Crippen LogP contribution is -2.41. The Morgan fingerprint density at radius 1 is 0.657 bits per heavy atom. The van der Waals surface area contributed by atoms with Gasteiger partial charge in [0.05, 0.1) is 0 Å². The Hall–Kier alpha value is -2.38. The molecule has 0 saturated carbocycles. The van der Waals surface area contributed by atoms with Crippen molar-refractivity contribution in [1.29, 1.82) is 0 Å². The minimum absolute atomic E-state index is 0.0814. The third-order valence-electron chi connectivity index (χ3n) is 5.99. The molecule has 0 saturated heterocycles. The minimum atomic E-state index is -1.21. The lowest BCUT2D eigenvalue weighted by Gasteiger charge is -2.14. The Morgan fingerprint density at radius 3 is 1.49 bits per heavy atom. The number of amides is 2. The average molecular weight is 497 g/mol. The van der Waals surface area contributed by atoms with E-state index in [-0.39, 0.29) is 25.2 Å². The molecule has 4 N–H and O–H groups in total. The van der Waals surface area contributed by atoms with Gasteiger partial charge in [-0.25, -0.2) is 4.79 Å². The molecule has 35 heavy (non-hydrogen) atoms. The molecule has 1 atom stereocenters. The van der Waals surface area contributed by atoms with Crippen LogP contribution < -0.4 is 10.6 Å². The van der Waals surface area contributed by atoms with Crippen LogP contribution in [0.1, 0.15) is 122 Å². The van der Waals surface area contributed by atoms with Crippen molar-refractivity contribution in [2.75, 3.05) is 6.54 Å². The van der Waals surface area contributed by atoms with Gasteiger partial charge in [0.15, 0.2) is 0 Å². The zero-order chi connectivity index (χ0) is 26.3. The summed E-state index contributed by atoms with van der Waals surface area (Å²) >= 11 is 0. The van der Waals surface area contributed by atoms with Crippen molar-refractivity contribution in [2.24, 2.45) is 0 Å². The molecule has 0 aliphatic carbocycles. The molecule has 0 aromatic heterocycles. The number of carboxylic acids is 2. The van der Waals surface area contributed by atoms with Crippen LogP contribution in [0.2, 0.25) is 0 Å². The molecule has 2 amide bonds. The Balaban J connectivity index is 3.60. The predicted octanol–water partition coefficient (Wildman–Crippen LogP) is 5.35. The lowest BCUT2D eigenvalue weighted by atomic mass is 10.0. The van der Waals surface area contributed by atoms with Crippen LogP contribution in [-0.4, -0.2) is 46.6 Å². The van der Waals surface area contributed by atoms with E-state index >= 15 is 0 Å². The fraction of sp³-hybridized carbons (Fsp3) is 0.778. The van der Waals surface area contributed by atoms with Gasteiger partial charge in [-0.05, 0) is 32.6 Å². The van der Waals surface area contributed by atoms with Gasteiger partial charge >= 0.3 is 11.9 Å². The number of nitrogens with one attached hydrogen (secondary N) is 2. The fourth-order valence-corrected chi connectivity index (χ4v) is 3.90. The molecule has 8 nitrogen and oxygen atoms in total. The summed E-state index contributed by atoms with van der Waals surface area (Å²) in [6.07, 6.45) is 18.1. The first-order valence-electron chi connectivity index (χ1n) is 13.4. The normalized spacial score (nSPS) is 11.6.